The minimum atomic E-state index is -0.0586. The van der Waals surface area contributed by atoms with E-state index in [2.05, 4.69) is 35.1 Å². The average Bonchev–Trinajstić information content (AvgIpc) is 2.96. The van der Waals surface area contributed by atoms with Gasteiger partial charge in [0.2, 0.25) is 0 Å². The molecule has 2 heterocycles. The van der Waals surface area contributed by atoms with E-state index in [1.54, 1.807) is 7.11 Å². The average molecular weight is 318 g/mol. The maximum atomic E-state index is 6.02. The van der Waals surface area contributed by atoms with E-state index in [1.807, 2.05) is 25.3 Å². The number of nitrogens with zero attached hydrogens (tertiary/aromatic N) is 1. The molecule has 2 aromatic heterocycles. The van der Waals surface area contributed by atoms with E-state index < -0.39 is 0 Å². The molecular formula is C20H23BN2O. The lowest BCUT2D eigenvalue weighted by atomic mass is 9.92. The fourth-order valence-electron chi connectivity index (χ4n) is 3.17. The lowest BCUT2D eigenvalue weighted by Crippen LogP contribution is -2.03. The highest BCUT2D eigenvalue weighted by molar-refractivity contribution is 6.33. The molecule has 0 aliphatic carbocycles. The molecule has 0 aliphatic rings. The molecule has 4 heteroatoms. The fraction of sp³-hybridized carbons (Fsp3) is 0.350. The molecule has 0 bridgehead atoms. The van der Waals surface area contributed by atoms with Crippen molar-refractivity contribution in [3.8, 4) is 11.3 Å². The summed E-state index contributed by atoms with van der Waals surface area (Å²) in [5, 5.41) is 1.21. The molecule has 1 unspecified atom stereocenters. The first-order valence-electron chi connectivity index (χ1n) is 8.53. The summed E-state index contributed by atoms with van der Waals surface area (Å²) in [5.41, 5.74) is 6.42. The number of benzene rings is 1. The summed E-state index contributed by atoms with van der Waals surface area (Å²) in [5.74, 6) is 0. The van der Waals surface area contributed by atoms with Crippen molar-refractivity contribution in [3.05, 3.63) is 47.8 Å². The molecule has 122 valence electrons. The molecule has 1 aromatic carbocycles. The molecule has 0 aliphatic heterocycles. The van der Waals surface area contributed by atoms with Gasteiger partial charge in [-0.15, -0.1) is 0 Å². The number of rotatable bonds is 6. The smallest absolute Gasteiger partial charge is 0.113 e. The van der Waals surface area contributed by atoms with Gasteiger partial charge in [0, 0.05) is 29.8 Å². The largest absolute Gasteiger partial charge is 0.375 e. The standard InChI is InChI=1S/C20H23BN2O/c1-4-5-7-15-17-12-14(21)9-10-18(17)23-20(15)16-8-6-11-22-19(16)13(2)24-3/h6,8-13,23H,4-5,7H2,1-3H3. The Kier molecular flexibility index (Phi) is 5.05. The van der Waals surface area contributed by atoms with Crippen molar-refractivity contribution in [1.82, 2.24) is 9.97 Å². The van der Waals surface area contributed by atoms with Crippen LogP contribution >= 0.6 is 0 Å². The molecule has 3 rings (SSSR count). The molecule has 3 nitrogen and oxygen atoms in total. The number of H-pyrrole nitrogens is 1. The Balaban J connectivity index is 2.22. The SMILES string of the molecule is [B]c1ccc2[nH]c(-c3cccnc3C(C)OC)c(CCCC)c2c1. The number of ether oxygens (including phenoxy) is 1. The first kappa shape index (κ1) is 16.8. The Morgan fingerprint density at radius 3 is 2.88 bits per heavy atom. The summed E-state index contributed by atoms with van der Waals surface area (Å²) in [4.78, 5) is 8.15. The number of methoxy groups -OCH3 is 1. The molecule has 1 atom stereocenters. The topological polar surface area (TPSA) is 37.9 Å². The lowest BCUT2D eigenvalue weighted by molar-refractivity contribution is 0.116. The molecule has 0 saturated carbocycles. The number of hydrogen-bond acceptors (Lipinski definition) is 2. The highest BCUT2D eigenvalue weighted by atomic mass is 16.5. The van der Waals surface area contributed by atoms with Gasteiger partial charge in [-0.3, -0.25) is 4.98 Å². The van der Waals surface area contributed by atoms with Gasteiger partial charge in [0.25, 0.3) is 0 Å². The van der Waals surface area contributed by atoms with Gasteiger partial charge in [-0.2, -0.15) is 0 Å². The van der Waals surface area contributed by atoms with Gasteiger partial charge in [-0.1, -0.05) is 30.9 Å². The zero-order valence-corrected chi connectivity index (χ0v) is 14.6. The minimum absolute atomic E-state index is 0.0586. The summed E-state index contributed by atoms with van der Waals surface area (Å²) in [6.45, 7) is 4.24. The van der Waals surface area contributed by atoms with Crippen LogP contribution in [-0.4, -0.2) is 24.9 Å². The number of unbranched alkanes of at least 4 members (excludes halogenated alkanes) is 1. The lowest BCUT2D eigenvalue weighted by Gasteiger charge is -2.14. The number of aromatic amines is 1. The van der Waals surface area contributed by atoms with Gasteiger partial charge in [0.1, 0.15) is 7.85 Å². The van der Waals surface area contributed by atoms with Crippen molar-refractivity contribution in [2.75, 3.05) is 7.11 Å². The van der Waals surface area contributed by atoms with E-state index in [-0.39, 0.29) is 6.10 Å². The highest BCUT2D eigenvalue weighted by Gasteiger charge is 2.18. The molecule has 0 fully saturated rings. The number of aromatic nitrogens is 2. The zero-order valence-electron chi connectivity index (χ0n) is 14.6. The maximum Gasteiger partial charge on any atom is 0.113 e. The van der Waals surface area contributed by atoms with Crippen LogP contribution in [0.15, 0.2) is 36.5 Å². The fourth-order valence-corrected chi connectivity index (χ4v) is 3.17. The van der Waals surface area contributed by atoms with E-state index in [1.165, 1.54) is 10.9 Å². The molecule has 0 saturated heterocycles. The van der Waals surface area contributed by atoms with Gasteiger partial charge >= 0.3 is 0 Å². The maximum absolute atomic E-state index is 6.02. The van der Waals surface area contributed by atoms with E-state index in [4.69, 9.17) is 12.6 Å². The van der Waals surface area contributed by atoms with Crippen molar-refractivity contribution < 1.29 is 4.74 Å². The van der Waals surface area contributed by atoms with Gasteiger partial charge in [-0.05, 0) is 43.5 Å². The second kappa shape index (κ2) is 7.22. The van der Waals surface area contributed by atoms with Crippen LogP contribution in [-0.2, 0) is 11.2 Å². The first-order valence-corrected chi connectivity index (χ1v) is 8.53. The molecular weight excluding hydrogens is 295 g/mol. The summed E-state index contributed by atoms with van der Waals surface area (Å²) in [7, 11) is 7.74. The van der Waals surface area contributed by atoms with E-state index >= 15 is 0 Å². The Hall–Kier alpha value is -2.07. The molecule has 2 radical (unpaired) electrons. The summed E-state index contributed by atoms with van der Waals surface area (Å²) in [6, 6.07) is 10.1. The Bertz CT molecular complexity index is 841. The summed E-state index contributed by atoms with van der Waals surface area (Å²) >= 11 is 0. The molecule has 0 amide bonds. The number of hydrogen-bond donors (Lipinski definition) is 1. The highest BCUT2D eigenvalue weighted by Crippen LogP contribution is 2.34. The molecule has 24 heavy (non-hydrogen) atoms. The van der Waals surface area contributed by atoms with Crippen LogP contribution in [0.4, 0.5) is 0 Å². The summed E-state index contributed by atoms with van der Waals surface area (Å²) < 4.78 is 5.52. The number of fused-ring (bicyclic) bond motifs is 1. The Labute approximate surface area is 144 Å². The summed E-state index contributed by atoms with van der Waals surface area (Å²) in [6.07, 6.45) is 5.08. The van der Waals surface area contributed by atoms with Crippen LogP contribution < -0.4 is 5.46 Å². The second-order valence-electron chi connectivity index (χ2n) is 6.20. The van der Waals surface area contributed by atoms with Crippen LogP contribution in [0.5, 0.6) is 0 Å². The molecule has 0 spiro atoms. The van der Waals surface area contributed by atoms with E-state index in [9.17, 15) is 0 Å². The molecule has 1 N–H and O–H groups in total. The van der Waals surface area contributed by atoms with Gasteiger partial charge in [0.15, 0.2) is 0 Å². The van der Waals surface area contributed by atoms with Crippen LogP contribution in [0.3, 0.4) is 0 Å². The third-order valence-corrected chi connectivity index (χ3v) is 4.56. The third kappa shape index (κ3) is 3.11. The normalized spacial score (nSPS) is 12.6. The monoisotopic (exact) mass is 318 g/mol. The van der Waals surface area contributed by atoms with E-state index in [0.29, 0.717) is 0 Å². The predicted octanol–water partition coefficient (Wildman–Crippen LogP) is 4.07. The van der Waals surface area contributed by atoms with Crippen LogP contribution in [0, 0.1) is 0 Å². The third-order valence-electron chi connectivity index (χ3n) is 4.56. The van der Waals surface area contributed by atoms with Crippen molar-refractivity contribution in [2.45, 2.75) is 39.2 Å². The van der Waals surface area contributed by atoms with Crippen molar-refractivity contribution >= 4 is 24.2 Å². The van der Waals surface area contributed by atoms with Gasteiger partial charge < -0.3 is 9.72 Å². The van der Waals surface area contributed by atoms with Gasteiger partial charge in [0.05, 0.1) is 17.5 Å². The Morgan fingerprint density at radius 1 is 1.29 bits per heavy atom. The number of aryl methyl sites for hydroxylation is 1. The minimum Gasteiger partial charge on any atom is -0.375 e. The Morgan fingerprint density at radius 2 is 2.12 bits per heavy atom. The molecule has 3 aromatic rings. The van der Waals surface area contributed by atoms with Gasteiger partial charge in [-0.25, -0.2) is 0 Å². The van der Waals surface area contributed by atoms with Crippen LogP contribution in [0.2, 0.25) is 0 Å². The predicted molar refractivity (Wildman–Crippen MR) is 101 cm³/mol. The van der Waals surface area contributed by atoms with Crippen molar-refractivity contribution in [3.63, 3.8) is 0 Å². The quantitative estimate of drug-likeness (QED) is 0.696. The van der Waals surface area contributed by atoms with Crippen molar-refractivity contribution in [1.29, 1.82) is 0 Å². The van der Waals surface area contributed by atoms with Crippen LogP contribution in [0.1, 0.15) is 44.1 Å². The second-order valence-corrected chi connectivity index (χ2v) is 6.20. The van der Waals surface area contributed by atoms with Crippen LogP contribution in [0.25, 0.3) is 22.2 Å². The number of pyridine rings is 1. The number of nitrogens with one attached hydrogen (secondary N) is 1. The van der Waals surface area contributed by atoms with Crippen molar-refractivity contribution in [2.24, 2.45) is 0 Å². The zero-order chi connectivity index (χ0) is 17.1. The van der Waals surface area contributed by atoms with E-state index in [0.717, 1.165) is 47.2 Å². The first-order chi connectivity index (χ1) is 11.7.